The first-order valence-electron chi connectivity index (χ1n) is 6.49. The molecule has 0 aliphatic heterocycles. The highest BCUT2D eigenvalue weighted by Crippen LogP contribution is 2.22. The van der Waals surface area contributed by atoms with E-state index in [2.05, 4.69) is 9.97 Å². The van der Waals surface area contributed by atoms with E-state index < -0.39 is 10.7 Å². The summed E-state index contributed by atoms with van der Waals surface area (Å²) in [6.45, 7) is 0. The van der Waals surface area contributed by atoms with E-state index in [-0.39, 0.29) is 11.6 Å². The molecule has 0 radical (unpaired) electrons. The number of aromatic nitrogens is 3. The fourth-order valence-electron chi connectivity index (χ4n) is 2.14. The highest BCUT2D eigenvalue weighted by molar-refractivity contribution is 7.71. The van der Waals surface area contributed by atoms with Gasteiger partial charge in [0.2, 0.25) is 0 Å². The third kappa shape index (κ3) is 3.04. The third-order valence-corrected chi connectivity index (χ3v) is 3.75. The van der Waals surface area contributed by atoms with Crippen LogP contribution in [0.2, 0.25) is 0 Å². The molecule has 5 nitrogen and oxygen atoms in total. The van der Waals surface area contributed by atoms with E-state index in [0.717, 1.165) is 0 Å². The minimum absolute atomic E-state index is 0.0384. The SMILES string of the molecule is O=[SH](=O)Cc1ccc(-n2cncc2-c2cccc(F)c2)nc1. The Labute approximate surface area is 128 Å². The smallest absolute Gasteiger partial charge is 0.144 e. The largest absolute Gasteiger partial charge is 0.283 e. The van der Waals surface area contributed by atoms with Crippen LogP contribution >= 0.6 is 0 Å². The second kappa shape index (κ2) is 6.07. The van der Waals surface area contributed by atoms with E-state index in [1.165, 1.54) is 18.3 Å². The summed E-state index contributed by atoms with van der Waals surface area (Å²) >= 11 is 0. The van der Waals surface area contributed by atoms with E-state index in [9.17, 15) is 12.8 Å². The van der Waals surface area contributed by atoms with Gasteiger partial charge in [-0.1, -0.05) is 18.2 Å². The summed E-state index contributed by atoms with van der Waals surface area (Å²) in [5.74, 6) is 0.220. The number of hydrogen-bond donors (Lipinski definition) is 1. The molecule has 1 aromatic carbocycles. The van der Waals surface area contributed by atoms with Crippen molar-refractivity contribution in [2.75, 3.05) is 0 Å². The molecule has 0 atom stereocenters. The van der Waals surface area contributed by atoms with Crippen LogP contribution in [0.3, 0.4) is 0 Å². The lowest BCUT2D eigenvalue weighted by Crippen LogP contribution is -1.99. The number of halogens is 1. The molecule has 0 spiro atoms. The van der Waals surface area contributed by atoms with Gasteiger partial charge in [0.25, 0.3) is 0 Å². The number of imidazole rings is 1. The predicted octanol–water partition coefficient (Wildman–Crippen LogP) is 2.18. The van der Waals surface area contributed by atoms with Crippen LogP contribution in [0, 0.1) is 5.82 Å². The highest BCUT2D eigenvalue weighted by Gasteiger charge is 2.09. The zero-order valence-corrected chi connectivity index (χ0v) is 12.3. The van der Waals surface area contributed by atoms with E-state index in [0.29, 0.717) is 22.6 Å². The maximum absolute atomic E-state index is 13.4. The standard InChI is InChI=1S/C15H12FN3O2S/c16-13-3-1-2-12(6-13)14-8-17-10-19(14)15-5-4-11(7-18-15)9-22(20)21/h1-8,10,22H,9H2. The van der Waals surface area contributed by atoms with Gasteiger partial charge in [0.1, 0.15) is 28.7 Å². The number of hydrogen-bond acceptors (Lipinski definition) is 4. The van der Waals surface area contributed by atoms with Gasteiger partial charge >= 0.3 is 0 Å². The summed E-state index contributed by atoms with van der Waals surface area (Å²) in [4.78, 5) is 8.32. The van der Waals surface area contributed by atoms with Crippen molar-refractivity contribution in [1.29, 1.82) is 0 Å². The first-order valence-corrected chi connectivity index (χ1v) is 7.85. The molecule has 112 valence electrons. The molecule has 0 bridgehead atoms. The van der Waals surface area contributed by atoms with E-state index in [4.69, 9.17) is 0 Å². The third-order valence-electron chi connectivity index (χ3n) is 3.13. The second-order valence-corrected chi connectivity index (χ2v) is 5.66. The molecule has 0 aliphatic rings. The molecule has 0 N–H and O–H groups in total. The van der Waals surface area contributed by atoms with Gasteiger partial charge in [0, 0.05) is 11.8 Å². The van der Waals surface area contributed by atoms with Crippen LogP contribution in [-0.4, -0.2) is 23.0 Å². The highest BCUT2D eigenvalue weighted by atomic mass is 32.2. The van der Waals surface area contributed by atoms with Crippen LogP contribution in [-0.2, 0) is 16.5 Å². The fourth-order valence-corrected chi connectivity index (χ4v) is 2.63. The summed E-state index contributed by atoms with van der Waals surface area (Å²) in [7, 11) is -2.48. The van der Waals surface area contributed by atoms with Gasteiger partial charge in [-0.2, -0.15) is 0 Å². The maximum atomic E-state index is 13.4. The van der Waals surface area contributed by atoms with Crippen molar-refractivity contribution < 1.29 is 12.8 Å². The normalized spacial score (nSPS) is 11.0. The van der Waals surface area contributed by atoms with Crippen LogP contribution in [0.4, 0.5) is 4.39 Å². The van der Waals surface area contributed by atoms with Crippen molar-refractivity contribution in [2.24, 2.45) is 0 Å². The Morgan fingerprint density at radius 3 is 2.68 bits per heavy atom. The van der Waals surface area contributed by atoms with Crippen LogP contribution in [0.25, 0.3) is 17.1 Å². The van der Waals surface area contributed by atoms with Crippen LogP contribution in [0.1, 0.15) is 5.56 Å². The van der Waals surface area contributed by atoms with Crippen molar-refractivity contribution in [1.82, 2.24) is 14.5 Å². The summed E-state index contributed by atoms with van der Waals surface area (Å²) in [6.07, 6.45) is 4.71. The van der Waals surface area contributed by atoms with Crippen LogP contribution in [0.15, 0.2) is 55.1 Å². The molecule has 0 amide bonds. The van der Waals surface area contributed by atoms with E-state index in [1.807, 2.05) is 0 Å². The fraction of sp³-hybridized carbons (Fsp3) is 0.0667. The number of thiol groups is 1. The average Bonchev–Trinajstić information content (AvgIpc) is 2.97. The van der Waals surface area contributed by atoms with Crippen LogP contribution in [0.5, 0.6) is 0 Å². The topological polar surface area (TPSA) is 64.8 Å². The summed E-state index contributed by atoms with van der Waals surface area (Å²) in [6, 6.07) is 9.61. The molecule has 0 fully saturated rings. The Hall–Kier alpha value is -2.54. The lowest BCUT2D eigenvalue weighted by molar-refractivity contribution is 0.614. The molecule has 0 saturated heterocycles. The molecule has 22 heavy (non-hydrogen) atoms. The zero-order chi connectivity index (χ0) is 15.5. The van der Waals surface area contributed by atoms with Crippen molar-refractivity contribution in [3.05, 3.63) is 66.5 Å². The molecule has 3 aromatic rings. The summed E-state index contributed by atoms with van der Waals surface area (Å²) < 4.78 is 36.5. The zero-order valence-electron chi connectivity index (χ0n) is 11.4. The molecule has 2 aromatic heterocycles. The summed E-state index contributed by atoms with van der Waals surface area (Å²) in [5.41, 5.74) is 2.01. The molecular weight excluding hydrogens is 305 g/mol. The Balaban J connectivity index is 1.98. The van der Waals surface area contributed by atoms with Gasteiger partial charge in [0.15, 0.2) is 0 Å². The Kier molecular flexibility index (Phi) is 3.97. The molecular formula is C15H12FN3O2S. The Morgan fingerprint density at radius 1 is 1.14 bits per heavy atom. The minimum Gasteiger partial charge on any atom is -0.283 e. The van der Waals surface area contributed by atoms with E-state index in [1.54, 1.807) is 41.4 Å². The van der Waals surface area contributed by atoms with E-state index >= 15 is 0 Å². The van der Waals surface area contributed by atoms with Crippen LogP contribution < -0.4 is 0 Å². The summed E-state index contributed by atoms with van der Waals surface area (Å²) in [5, 5.41) is 0. The predicted molar refractivity (Wildman–Crippen MR) is 80.8 cm³/mol. The number of benzene rings is 1. The van der Waals surface area contributed by atoms with Crippen molar-refractivity contribution >= 4 is 10.7 Å². The van der Waals surface area contributed by atoms with Gasteiger partial charge in [-0.25, -0.2) is 22.8 Å². The van der Waals surface area contributed by atoms with Crippen molar-refractivity contribution in [3.8, 4) is 17.1 Å². The Bertz CT molecular complexity index is 865. The first kappa shape index (κ1) is 14.4. The average molecular weight is 317 g/mol. The maximum Gasteiger partial charge on any atom is 0.144 e. The molecule has 0 saturated carbocycles. The van der Waals surface area contributed by atoms with Gasteiger partial charge < -0.3 is 0 Å². The lowest BCUT2D eigenvalue weighted by Gasteiger charge is -2.08. The Morgan fingerprint density at radius 2 is 2.00 bits per heavy atom. The van der Waals surface area contributed by atoms with Crippen molar-refractivity contribution in [3.63, 3.8) is 0 Å². The second-order valence-electron chi connectivity index (χ2n) is 4.67. The van der Waals surface area contributed by atoms with Gasteiger partial charge in [0.05, 0.1) is 17.6 Å². The first-order chi connectivity index (χ1) is 10.6. The van der Waals surface area contributed by atoms with Crippen molar-refractivity contribution in [2.45, 2.75) is 5.75 Å². The number of rotatable bonds is 4. The quantitative estimate of drug-likeness (QED) is 0.749. The van der Waals surface area contributed by atoms with Gasteiger partial charge in [-0.05, 0) is 23.8 Å². The molecule has 7 heteroatoms. The molecule has 0 aliphatic carbocycles. The van der Waals surface area contributed by atoms with Gasteiger partial charge in [-0.15, -0.1) is 0 Å². The molecule has 2 heterocycles. The minimum atomic E-state index is -2.48. The van der Waals surface area contributed by atoms with Gasteiger partial charge in [-0.3, -0.25) is 4.57 Å². The molecule has 3 rings (SSSR count). The molecule has 0 unspecified atom stereocenters. The number of pyridine rings is 1. The number of nitrogens with zero attached hydrogens (tertiary/aromatic N) is 3. The lowest BCUT2D eigenvalue weighted by atomic mass is 10.1. The monoisotopic (exact) mass is 317 g/mol.